The van der Waals surface area contributed by atoms with E-state index in [1.165, 1.54) is 42.2 Å². The Labute approximate surface area is 227 Å². The van der Waals surface area contributed by atoms with Gasteiger partial charge in [0.1, 0.15) is 5.70 Å². The Morgan fingerprint density at radius 1 is 1.00 bits per heavy atom. The third-order valence-electron chi connectivity index (χ3n) is 6.11. The average Bonchev–Trinajstić information content (AvgIpc) is 2.91. The molecule has 39 heavy (non-hydrogen) atoms. The number of nitrogens with zero attached hydrogens (tertiary/aromatic N) is 2. The van der Waals surface area contributed by atoms with E-state index in [1.54, 1.807) is 0 Å². The minimum Gasteiger partial charge on any atom is -0.448 e. The number of para-hydroxylation sites is 2. The first-order valence-electron chi connectivity index (χ1n) is 11.9. The van der Waals surface area contributed by atoms with Crippen LogP contribution in [0.2, 0.25) is 0 Å². The molecular weight excluding hydrogens is 524 g/mol. The van der Waals surface area contributed by atoms with Crippen LogP contribution >= 0.6 is 11.8 Å². The Morgan fingerprint density at radius 2 is 1.59 bits per heavy atom. The lowest BCUT2D eigenvalue weighted by Crippen LogP contribution is -2.56. The minimum atomic E-state index is -1.42. The van der Waals surface area contributed by atoms with Crippen LogP contribution in [0.25, 0.3) is 0 Å². The molecule has 1 saturated heterocycles. The van der Waals surface area contributed by atoms with Gasteiger partial charge in [0.25, 0.3) is 0 Å². The number of rotatable bonds is 7. The minimum absolute atomic E-state index is 0.0622. The summed E-state index contributed by atoms with van der Waals surface area (Å²) in [6.45, 7) is 1.54. The van der Waals surface area contributed by atoms with Crippen LogP contribution < -0.4 is 4.74 Å². The second kappa shape index (κ2) is 10.6. The number of thioether (sulfide) groups is 1. The largest absolute Gasteiger partial charge is 0.515 e. The van der Waals surface area contributed by atoms with Gasteiger partial charge in [-0.2, -0.15) is 0 Å². The molecule has 0 aliphatic carbocycles. The van der Waals surface area contributed by atoms with Crippen molar-refractivity contribution in [3.63, 3.8) is 0 Å². The molecule has 10 nitrogen and oxygen atoms in total. The first-order chi connectivity index (χ1) is 18.7. The fourth-order valence-electron chi connectivity index (χ4n) is 4.33. The lowest BCUT2D eigenvalue weighted by atomic mass is 10.0. The molecule has 1 unspecified atom stereocenters. The maximum absolute atomic E-state index is 13.5. The topological polar surface area (TPSA) is 125 Å². The van der Waals surface area contributed by atoms with Gasteiger partial charge in [-0.1, -0.05) is 84.6 Å². The van der Waals surface area contributed by atoms with Crippen molar-refractivity contribution < 1.29 is 33.5 Å². The Bertz CT molecular complexity index is 1420. The van der Waals surface area contributed by atoms with Crippen LogP contribution in [0.4, 0.5) is 10.5 Å². The molecule has 3 aromatic rings. The molecule has 2 aliphatic heterocycles. The number of carbonyl (C=O) groups is 3. The monoisotopic (exact) mass is 546 g/mol. The number of amides is 1. The van der Waals surface area contributed by atoms with Crippen molar-refractivity contribution in [1.29, 1.82) is 0 Å². The fourth-order valence-corrected chi connectivity index (χ4v) is 5.72. The third-order valence-corrected chi connectivity index (χ3v) is 7.43. The molecule has 0 radical (unpaired) electrons. The van der Waals surface area contributed by atoms with Crippen molar-refractivity contribution in [2.75, 3.05) is 0 Å². The summed E-state index contributed by atoms with van der Waals surface area (Å²) in [4.78, 5) is 49.1. The van der Waals surface area contributed by atoms with E-state index in [0.29, 0.717) is 0 Å². The number of esters is 1. The SMILES string of the molecule is CC1(OC(=O)Oc2ccccc2[N+](=O)[O-])C=C(C(=O)OC(c2ccccc2)c2ccccc2)N2C(=O)C[C@H]2S1. The van der Waals surface area contributed by atoms with Crippen LogP contribution in [0.5, 0.6) is 5.75 Å². The second-order valence-electron chi connectivity index (χ2n) is 8.87. The number of ether oxygens (including phenoxy) is 3. The second-order valence-corrected chi connectivity index (χ2v) is 10.5. The molecule has 0 saturated carbocycles. The highest BCUT2D eigenvalue weighted by atomic mass is 32.2. The van der Waals surface area contributed by atoms with Gasteiger partial charge in [0.05, 0.1) is 16.7 Å². The molecular formula is C28H22N2O8S. The number of carbonyl (C=O) groups excluding carboxylic acids is 3. The number of β-lactam (4-membered cyclic amide) rings is 1. The normalized spacial score (nSPS) is 19.8. The van der Waals surface area contributed by atoms with E-state index in [2.05, 4.69) is 0 Å². The zero-order valence-corrected chi connectivity index (χ0v) is 21.4. The van der Waals surface area contributed by atoms with Crippen LogP contribution in [0.3, 0.4) is 0 Å². The lowest BCUT2D eigenvalue weighted by molar-refractivity contribution is -0.385. The van der Waals surface area contributed by atoms with Gasteiger partial charge < -0.3 is 14.2 Å². The van der Waals surface area contributed by atoms with Crippen LogP contribution in [0, 0.1) is 10.1 Å². The number of fused-ring (bicyclic) bond motifs is 1. The van der Waals surface area contributed by atoms with Crippen molar-refractivity contribution in [2.45, 2.75) is 29.8 Å². The van der Waals surface area contributed by atoms with E-state index in [4.69, 9.17) is 14.2 Å². The van der Waals surface area contributed by atoms with Gasteiger partial charge in [0, 0.05) is 12.1 Å². The number of nitro benzene ring substituents is 1. The van der Waals surface area contributed by atoms with E-state index in [-0.39, 0.29) is 23.8 Å². The fraction of sp³-hybridized carbons (Fsp3) is 0.179. The van der Waals surface area contributed by atoms with Gasteiger partial charge in [0.2, 0.25) is 11.7 Å². The Balaban J connectivity index is 1.40. The molecule has 2 aliphatic rings. The predicted octanol–water partition coefficient (Wildman–Crippen LogP) is 5.35. The molecule has 1 amide bonds. The van der Waals surface area contributed by atoms with Crippen LogP contribution in [0.1, 0.15) is 30.6 Å². The summed E-state index contributed by atoms with van der Waals surface area (Å²) in [7, 11) is 0. The maximum atomic E-state index is 13.5. The first-order valence-corrected chi connectivity index (χ1v) is 12.8. The third kappa shape index (κ3) is 5.48. The van der Waals surface area contributed by atoms with Crippen molar-refractivity contribution in [3.8, 4) is 5.75 Å². The maximum Gasteiger partial charge on any atom is 0.515 e. The predicted molar refractivity (Wildman–Crippen MR) is 140 cm³/mol. The Hall–Kier alpha value is -4.64. The first kappa shape index (κ1) is 26.0. The number of hydrogen-bond acceptors (Lipinski definition) is 9. The highest BCUT2D eigenvalue weighted by molar-refractivity contribution is 8.01. The summed E-state index contributed by atoms with van der Waals surface area (Å²) < 4.78 is 16.6. The molecule has 0 aromatic heterocycles. The van der Waals surface area contributed by atoms with E-state index >= 15 is 0 Å². The van der Waals surface area contributed by atoms with Crippen LogP contribution in [-0.4, -0.2) is 38.2 Å². The Kier molecular flexibility index (Phi) is 7.07. The number of benzene rings is 3. The molecule has 0 N–H and O–H groups in total. The molecule has 2 atom stereocenters. The van der Waals surface area contributed by atoms with Gasteiger partial charge in [-0.25, -0.2) is 9.59 Å². The molecule has 2 heterocycles. The molecule has 0 bridgehead atoms. The van der Waals surface area contributed by atoms with Gasteiger partial charge in [0.15, 0.2) is 11.0 Å². The molecule has 5 rings (SSSR count). The average molecular weight is 547 g/mol. The molecule has 0 spiro atoms. The van der Waals surface area contributed by atoms with Gasteiger partial charge in [-0.3, -0.25) is 19.8 Å². The molecule has 198 valence electrons. The Morgan fingerprint density at radius 3 is 2.18 bits per heavy atom. The van der Waals surface area contributed by atoms with E-state index < -0.39 is 39.1 Å². The van der Waals surface area contributed by atoms with Crippen LogP contribution in [0.15, 0.2) is 96.7 Å². The van der Waals surface area contributed by atoms with E-state index in [9.17, 15) is 24.5 Å². The number of hydrogen-bond donors (Lipinski definition) is 0. The highest BCUT2D eigenvalue weighted by Gasteiger charge is 2.51. The molecule has 1 fully saturated rings. The summed E-state index contributed by atoms with van der Waals surface area (Å²) >= 11 is 1.13. The van der Waals surface area contributed by atoms with Gasteiger partial charge in [-0.15, -0.1) is 0 Å². The van der Waals surface area contributed by atoms with Crippen molar-refractivity contribution in [3.05, 3.63) is 118 Å². The van der Waals surface area contributed by atoms with Gasteiger partial charge in [-0.05, 0) is 24.1 Å². The van der Waals surface area contributed by atoms with Crippen molar-refractivity contribution >= 4 is 35.5 Å². The smallest absolute Gasteiger partial charge is 0.448 e. The summed E-state index contributed by atoms with van der Waals surface area (Å²) in [6, 6.07) is 23.7. The summed E-state index contributed by atoms with van der Waals surface area (Å²) in [5, 5.41) is 10.8. The highest BCUT2D eigenvalue weighted by Crippen LogP contribution is 2.47. The zero-order valence-electron chi connectivity index (χ0n) is 20.6. The quantitative estimate of drug-likeness (QED) is 0.127. The number of nitro groups is 1. The summed E-state index contributed by atoms with van der Waals surface area (Å²) in [6.07, 6.45) is -0.481. The van der Waals surface area contributed by atoms with Crippen LogP contribution in [-0.2, 0) is 19.1 Å². The molecule has 11 heteroatoms. The molecule has 3 aromatic carbocycles. The zero-order chi connectivity index (χ0) is 27.6. The summed E-state index contributed by atoms with van der Waals surface area (Å²) in [5.41, 5.74) is 1.01. The summed E-state index contributed by atoms with van der Waals surface area (Å²) in [5.74, 6) is -1.32. The van der Waals surface area contributed by atoms with E-state index in [0.717, 1.165) is 22.9 Å². The van der Waals surface area contributed by atoms with E-state index in [1.807, 2.05) is 60.7 Å². The standard InChI is InChI=1S/C28H22N2O8S/c1-28(38-27(33)36-22-15-9-8-14-20(22)30(34)35)17-21(29-23(31)16-24(29)39-28)26(32)37-25(18-10-4-2-5-11-18)19-12-6-3-7-13-19/h2-15,17,24-25H,16H2,1H3/t24-,28?/m1/s1. The van der Waals surface area contributed by atoms with Crippen molar-refractivity contribution in [2.24, 2.45) is 0 Å². The van der Waals surface area contributed by atoms with Crippen molar-refractivity contribution in [1.82, 2.24) is 4.90 Å². The van der Waals surface area contributed by atoms with Gasteiger partial charge >= 0.3 is 17.8 Å². The lowest BCUT2D eigenvalue weighted by Gasteiger charge is -2.47.